The maximum atomic E-state index is 5.51. The van der Waals surface area contributed by atoms with E-state index in [0.717, 1.165) is 16.6 Å². The van der Waals surface area contributed by atoms with Gasteiger partial charge in [0.15, 0.2) is 0 Å². The number of nitrogen functional groups attached to an aromatic ring is 2. The number of anilines is 4. The molecule has 0 aliphatic rings. The Kier molecular flexibility index (Phi) is 2.57. The molecule has 0 saturated carbocycles. The molecule has 7 nitrogen and oxygen atoms in total. The van der Waals surface area contributed by atoms with E-state index in [4.69, 9.17) is 11.5 Å². The maximum absolute atomic E-state index is 5.51. The van der Waals surface area contributed by atoms with Gasteiger partial charge in [-0.3, -0.25) is 4.98 Å². The molecule has 19 heavy (non-hydrogen) atoms. The van der Waals surface area contributed by atoms with Crippen molar-refractivity contribution in [1.82, 2.24) is 19.9 Å². The van der Waals surface area contributed by atoms with E-state index >= 15 is 0 Å². The normalized spacial score (nSPS) is 10.5. The van der Waals surface area contributed by atoms with Crippen molar-refractivity contribution in [1.29, 1.82) is 0 Å². The van der Waals surface area contributed by atoms with Gasteiger partial charge in [0.2, 0.25) is 17.8 Å². The SMILES string of the molecule is Nc1nc(N)nc(Nc2cnc3ccccc3c2)n1. The quantitative estimate of drug-likeness (QED) is 0.630. The van der Waals surface area contributed by atoms with Crippen molar-refractivity contribution < 1.29 is 0 Å². The lowest BCUT2D eigenvalue weighted by atomic mass is 10.2. The first-order chi connectivity index (χ1) is 9.20. The highest BCUT2D eigenvalue weighted by atomic mass is 15.2. The van der Waals surface area contributed by atoms with E-state index in [1.54, 1.807) is 6.20 Å². The Labute approximate surface area is 108 Å². The third-order valence-corrected chi connectivity index (χ3v) is 2.52. The summed E-state index contributed by atoms with van der Waals surface area (Å²) in [6.45, 7) is 0. The highest BCUT2D eigenvalue weighted by molar-refractivity contribution is 5.82. The minimum atomic E-state index is 0.0729. The summed E-state index contributed by atoms with van der Waals surface area (Å²) in [5, 5.41) is 4.01. The molecule has 0 atom stereocenters. The topological polar surface area (TPSA) is 116 Å². The molecular weight excluding hydrogens is 242 g/mol. The van der Waals surface area contributed by atoms with Gasteiger partial charge in [0, 0.05) is 5.39 Å². The van der Waals surface area contributed by atoms with Gasteiger partial charge in [0.25, 0.3) is 0 Å². The second kappa shape index (κ2) is 4.37. The number of nitrogens with one attached hydrogen (secondary N) is 1. The summed E-state index contributed by atoms with van der Waals surface area (Å²) in [5.74, 6) is 0.439. The number of para-hydroxylation sites is 1. The van der Waals surface area contributed by atoms with Crippen molar-refractivity contribution in [3.8, 4) is 0 Å². The Balaban J connectivity index is 1.96. The number of hydrogen-bond donors (Lipinski definition) is 3. The van der Waals surface area contributed by atoms with Crippen LogP contribution in [0.3, 0.4) is 0 Å². The minimum absolute atomic E-state index is 0.0729. The predicted molar refractivity (Wildman–Crippen MR) is 73.7 cm³/mol. The van der Waals surface area contributed by atoms with Crippen LogP contribution in [-0.2, 0) is 0 Å². The summed E-state index contributed by atoms with van der Waals surface area (Å²) in [6, 6.07) is 9.75. The molecule has 7 heteroatoms. The monoisotopic (exact) mass is 253 g/mol. The molecule has 0 fully saturated rings. The molecule has 94 valence electrons. The fourth-order valence-electron chi connectivity index (χ4n) is 1.73. The number of hydrogen-bond acceptors (Lipinski definition) is 7. The number of benzene rings is 1. The van der Waals surface area contributed by atoms with Crippen LogP contribution in [0, 0.1) is 0 Å². The van der Waals surface area contributed by atoms with Crippen molar-refractivity contribution in [2.24, 2.45) is 0 Å². The third kappa shape index (κ3) is 2.34. The summed E-state index contributed by atoms with van der Waals surface area (Å²) >= 11 is 0. The predicted octanol–water partition coefficient (Wildman–Crippen LogP) is 1.33. The van der Waals surface area contributed by atoms with E-state index in [9.17, 15) is 0 Å². The fraction of sp³-hybridized carbons (Fsp3) is 0. The molecule has 3 rings (SSSR count). The number of fused-ring (bicyclic) bond motifs is 1. The molecule has 0 saturated heterocycles. The summed E-state index contributed by atoms with van der Waals surface area (Å²) in [6.07, 6.45) is 1.69. The van der Waals surface area contributed by atoms with Crippen molar-refractivity contribution in [3.05, 3.63) is 36.5 Å². The summed E-state index contributed by atoms with van der Waals surface area (Å²) in [5.41, 5.74) is 12.7. The van der Waals surface area contributed by atoms with Crippen LogP contribution in [0.2, 0.25) is 0 Å². The average Bonchev–Trinajstić information content (AvgIpc) is 2.37. The fourth-order valence-corrected chi connectivity index (χ4v) is 1.73. The van der Waals surface area contributed by atoms with Gasteiger partial charge < -0.3 is 16.8 Å². The van der Waals surface area contributed by atoms with Crippen molar-refractivity contribution in [2.75, 3.05) is 16.8 Å². The van der Waals surface area contributed by atoms with Crippen LogP contribution in [0.25, 0.3) is 10.9 Å². The van der Waals surface area contributed by atoms with Crippen LogP contribution < -0.4 is 16.8 Å². The Hall–Kier alpha value is -2.96. The molecule has 0 aliphatic carbocycles. The molecule has 2 heterocycles. The number of aromatic nitrogens is 4. The molecule has 0 amide bonds. The Morgan fingerprint density at radius 1 is 0.947 bits per heavy atom. The van der Waals surface area contributed by atoms with E-state index < -0.39 is 0 Å². The molecule has 0 aliphatic heterocycles. The molecule has 0 spiro atoms. The van der Waals surface area contributed by atoms with Gasteiger partial charge in [0.1, 0.15) is 0 Å². The van der Waals surface area contributed by atoms with E-state index in [2.05, 4.69) is 25.3 Å². The molecule has 3 aromatic rings. The number of nitrogens with zero attached hydrogens (tertiary/aromatic N) is 4. The van der Waals surface area contributed by atoms with Gasteiger partial charge in [-0.25, -0.2) is 0 Å². The maximum Gasteiger partial charge on any atom is 0.233 e. The average molecular weight is 253 g/mol. The van der Waals surface area contributed by atoms with E-state index in [-0.39, 0.29) is 11.9 Å². The van der Waals surface area contributed by atoms with E-state index in [1.807, 2.05) is 30.3 Å². The van der Waals surface area contributed by atoms with Gasteiger partial charge >= 0.3 is 0 Å². The van der Waals surface area contributed by atoms with Crippen LogP contribution in [0.4, 0.5) is 23.5 Å². The third-order valence-electron chi connectivity index (χ3n) is 2.52. The molecule has 2 aromatic heterocycles. The molecular formula is C12H11N7. The zero-order valence-electron chi connectivity index (χ0n) is 9.91. The highest BCUT2D eigenvalue weighted by Gasteiger charge is 2.03. The van der Waals surface area contributed by atoms with Crippen LogP contribution in [-0.4, -0.2) is 19.9 Å². The smallest absolute Gasteiger partial charge is 0.233 e. The second-order valence-electron chi connectivity index (χ2n) is 3.92. The zero-order valence-corrected chi connectivity index (χ0v) is 9.91. The highest BCUT2D eigenvalue weighted by Crippen LogP contribution is 2.18. The van der Waals surface area contributed by atoms with E-state index in [1.165, 1.54) is 0 Å². The molecule has 0 unspecified atom stereocenters. The lowest BCUT2D eigenvalue weighted by Crippen LogP contribution is -2.06. The second-order valence-corrected chi connectivity index (χ2v) is 3.92. The van der Waals surface area contributed by atoms with Crippen LogP contribution >= 0.6 is 0 Å². The first-order valence-corrected chi connectivity index (χ1v) is 5.59. The molecule has 0 bridgehead atoms. The van der Waals surface area contributed by atoms with Crippen molar-refractivity contribution in [2.45, 2.75) is 0 Å². The molecule has 1 aromatic carbocycles. The van der Waals surface area contributed by atoms with Gasteiger partial charge in [-0.2, -0.15) is 15.0 Å². The number of rotatable bonds is 2. The van der Waals surface area contributed by atoms with Gasteiger partial charge in [-0.15, -0.1) is 0 Å². The van der Waals surface area contributed by atoms with Crippen LogP contribution in [0.5, 0.6) is 0 Å². The van der Waals surface area contributed by atoms with Gasteiger partial charge in [0.05, 0.1) is 17.4 Å². The largest absolute Gasteiger partial charge is 0.368 e. The first kappa shape index (κ1) is 11.1. The number of nitrogens with two attached hydrogens (primary N) is 2. The zero-order chi connectivity index (χ0) is 13.2. The van der Waals surface area contributed by atoms with Crippen molar-refractivity contribution in [3.63, 3.8) is 0 Å². The van der Waals surface area contributed by atoms with Gasteiger partial charge in [-0.1, -0.05) is 18.2 Å². The Morgan fingerprint density at radius 2 is 1.68 bits per heavy atom. The van der Waals surface area contributed by atoms with Crippen molar-refractivity contribution >= 4 is 34.4 Å². The first-order valence-electron chi connectivity index (χ1n) is 5.59. The lowest BCUT2D eigenvalue weighted by Gasteiger charge is -2.06. The summed E-state index contributed by atoms with van der Waals surface area (Å²) in [7, 11) is 0. The van der Waals surface area contributed by atoms with E-state index in [0.29, 0.717) is 5.95 Å². The Bertz CT molecular complexity index is 721. The molecule has 0 radical (unpaired) electrons. The van der Waals surface area contributed by atoms with Crippen LogP contribution in [0.1, 0.15) is 0 Å². The molecule has 5 N–H and O–H groups in total. The number of pyridine rings is 1. The summed E-state index contributed by atoms with van der Waals surface area (Å²) in [4.78, 5) is 15.9. The lowest BCUT2D eigenvalue weighted by molar-refractivity contribution is 1.08. The minimum Gasteiger partial charge on any atom is -0.368 e. The van der Waals surface area contributed by atoms with Crippen LogP contribution in [0.15, 0.2) is 36.5 Å². The Morgan fingerprint density at radius 3 is 2.47 bits per heavy atom. The summed E-state index contributed by atoms with van der Waals surface area (Å²) < 4.78 is 0. The van der Waals surface area contributed by atoms with Gasteiger partial charge in [-0.05, 0) is 12.1 Å². The standard InChI is InChI=1S/C12H11N7/c13-10-17-11(14)19-12(18-10)16-8-5-7-3-1-2-4-9(7)15-6-8/h1-6H,(H5,13,14,16,17,18,19).